The summed E-state index contributed by atoms with van der Waals surface area (Å²) in [5.74, 6) is -0.309. The quantitative estimate of drug-likeness (QED) is 0.869. The van der Waals surface area contributed by atoms with Gasteiger partial charge in [-0.25, -0.2) is 0 Å². The van der Waals surface area contributed by atoms with Crippen molar-refractivity contribution in [3.8, 4) is 0 Å². The van der Waals surface area contributed by atoms with Crippen LogP contribution in [0, 0.1) is 11.8 Å². The summed E-state index contributed by atoms with van der Waals surface area (Å²) in [6, 6.07) is 9.71. The van der Waals surface area contributed by atoms with Gasteiger partial charge < -0.3 is 10.0 Å². The highest BCUT2D eigenvalue weighted by atomic mass is 16.3. The van der Waals surface area contributed by atoms with E-state index in [4.69, 9.17) is 0 Å². The first-order chi connectivity index (χ1) is 9.77. The van der Waals surface area contributed by atoms with Crippen molar-refractivity contribution in [2.24, 2.45) is 11.8 Å². The van der Waals surface area contributed by atoms with Crippen LogP contribution < -0.4 is 0 Å². The molecule has 0 aliphatic heterocycles. The molecule has 118 valence electrons. The predicted octanol–water partition coefficient (Wildman–Crippen LogP) is 3.64. The molecular formula is C18H29NO2. The lowest BCUT2D eigenvalue weighted by Gasteiger charge is -2.37. The monoisotopic (exact) mass is 291 g/mol. The fourth-order valence-corrected chi connectivity index (χ4v) is 2.92. The summed E-state index contributed by atoms with van der Waals surface area (Å²) in [6.07, 6.45) is -0.765. The average molecular weight is 291 g/mol. The van der Waals surface area contributed by atoms with Crippen molar-refractivity contribution in [2.75, 3.05) is 0 Å². The number of rotatable bonds is 6. The van der Waals surface area contributed by atoms with Gasteiger partial charge in [0.1, 0.15) is 0 Å². The summed E-state index contributed by atoms with van der Waals surface area (Å²) in [6.45, 7) is 12.1. The lowest BCUT2D eigenvalue weighted by Crippen LogP contribution is -2.47. The molecule has 0 aliphatic rings. The van der Waals surface area contributed by atoms with Gasteiger partial charge in [0.05, 0.1) is 12.0 Å². The molecule has 0 heterocycles. The van der Waals surface area contributed by atoms with E-state index in [-0.39, 0.29) is 23.9 Å². The number of nitrogens with zero attached hydrogens (tertiary/aromatic N) is 1. The van der Waals surface area contributed by atoms with Crippen molar-refractivity contribution in [2.45, 2.75) is 59.7 Å². The van der Waals surface area contributed by atoms with Crippen LogP contribution in [0.5, 0.6) is 0 Å². The molecule has 1 aromatic carbocycles. The van der Waals surface area contributed by atoms with Crippen molar-refractivity contribution < 1.29 is 9.90 Å². The van der Waals surface area contributed by atoms with Crippen molar-refractivity contribution in [3.63, 3.8) is 0 Å². The topological polar surface area (TPSA) is 40.5 Å². The maximum absolute atomic E-state index is 12.9. The number of carbonyl (C=O) groups is 1. The molecule has 3 nitrogen and oxygen atoms in total. The third-order valence-corrected chi connectivity index (χ3v) is 3.85. The van der Waals surface area contributed by atoms with Crippen LogP contribution in [0.15, 0.2) is 30.3 Å². The number of aliphatic hydroxyl groups is 1. The lowest BCUT2D eigenvalue weighted by molar-refractivity contribution is -0.145. The molecule has 0 aromatic heterocycles. The first-order valence-corrected chi connectivity index (χ1v) is 7.82. The van der Waals surface area contributed by atoms with E-state index in [0.29, 0.717) is 0 Å². The highest BCUT2D eigenvalue weighted by Crippen LogP contribution is 2.31. The van der Waals surface area contributed by atoms with Crippen LogP contribution in [-0.4, -0.2) is 28.0 Å². The molecule has 0 aliphatic carbocycles. The maximum Gasteiger partial charge on any atom is 0.229 e. The molecule has 0 bridgehead atoms. The largest absolute Gasteiger partial charge is 0.388 e. The standard InChI is InChI=1S/C18H29NO2/c1-12(2)16(17(20)15-10-8-7-9-11-15)18(21)19(13(3)4)14(5)6/h7-14,16-17,20H,1-6H3. The SMILES string of the molecule is CC(C)C(C(=O)N(C(C)C)C(C)C)C(O)c1ccccc1. The third kappa shape index (κ3) is 4.31. The fourth-order valence-electron chi connectivity index (χ4n) is 2.92. The van der Waals surface area contributed by atoms with Crippen LogP contribution >= 0.6 is 0 Å². The zero-order chi connectivity index (χ0) is 16.2. The van der Waals surface area contributed by atoms with Crippen molar-refractivity contribution in [1.82, 2.24) is 4.90 Å². The van der Waals surface area contributed by atoms with Gasteiger partial charge in [-0.2, -0.15) is 0 Å². The number of hydrogen-bond donors (Lipinski definition) is 1. The first kappa shape index (κ1) is 17.7. The average Bonchev–Trinajstić information content (AvgIpc) is 2.38. The summed E-state index contributed by atoms with van der Waals surface area (Å²) < 4.78 is 0. The minimum Gasteiger partial charge on any atom is -0.388 e. The fraction of sp³-hybridized carbons (Fsp3) is 0.611. The normalized spacial score (nSPS) is 14.6. The molecule has 2 unspecified atom stereocenters. The summed E-state index contributed by atoms with van der Waals surface area (Å²) in [5, 5.41) is 10.7. The molecule has 1 amide bonds. The molecular weight excluding hydrogens is 262 g/mol. The van der Waals surface area contributed by atoms with Crippen LogP contribution in [0.1, 0.15) is 53.2 Å². The Morgan fingerprint density at radius 1 is 0.952 bits per heavy atom. The Morgan fingerprint density at radius 3 is 1.81 bits per heavy atom. The molecule has 1 aromatic rings. The molecule has 0 spiro atoms. The van der Waals surface area contributed by atoms with Gasteiger partial charge in [-0.3, -0.25) is 4.79 Å². The van der Waals surface area contributed by atoms with Gasteiger partial charge in [0.2, 0.25) is 5.91 Å². The van der Waals surface area contributed by atoms with Crippen LogP contribution in [0.3, 0.4) is 0 Å². The Bertz CT molecular complexity index is 432. The summed E-state index contributed by atoms with van der Waals surface area (Å²) in [5.41, 5.74) is 0.803. The highest BCUT2D eigenvalue weighted by Gasteiger charge is 2.35. The van der Waals surface area contributed by atoms with Gasteiger partial charge in [-0.1, -0.05) is 44.2 Å². The summed E-state index contributed by atoms with van der Waals surface area (Å²) in [4.78, 5) is 14.8. The highest BCUT2D eigenvalue weighted by molar-refractivity contribution is 5.80. The molecule has 0 fully saturated rings. The number of amides is 1. The van der Waals surface area contributed by atoms with Gasteiger partial charge in [0.25, 0.3) is 0 Å². The van der Waals surface area contributed by atoms with Crippen molar-refractivity contribution in [1.29, 1.82) is 0 Å². The van der Waals surface area contributed by atoms with E-state index < -0.39 is 12.0 Å². The van der Waals surface area contributed by atoms with E-state index in [1.54, 1.807) is 0 Å². The summed E-state index contributed by atoms with van der Waals surface area (Å²) >= 11 is 0. The van der Waals surface area contributed by atoms with Crippen LogP contribution in [0.25, 0.3) is 0 Å². The number of benzene rings is 1. The van der Waals surface area contributed by atoms with Gasteiger partial charge in [-0.15, -0.1) is 0 Å². The van der Waals surface area contributed by atoms with Gasteiger partial charge in [0, 0.05) is 12.1 Å². The lowest BCUT2D eigenvalue weighted by atomic mass is 9.84. The molecule has 3 heteroatoms. The molecule has 2 atom stereocenters. The predicted molar refractivity (Wildman–Crippen MR) is 86.8 cm³/mol. The van der Waals surface area contributed by atoms with E-state index in [0.717, 1.165) is 5.56 Å². The van der Waals surface area contributed by atoms with E-state index in [1.807, 2.05) is 76.8 Å². The minimum atomic E-state index is -0.765. The van der Waals surface area contributed by atoms with E-state index in [9.17, 15) is 9.90 Å². The van der Waals surface area contributed by atoms with Crippen LogP contribution in [-0.2, 0) is 4.79 Å². The Labute approximate surface area is 129 Å². The van der Waals surface area contributed by atoms with Gasteiger partial charge in [0.15, 0.2) is 0 Å². The molecule has 1 rings (SSSR count). The molecule has 1 N–H and O–H groups in total. The van der Waals surface area contributed by atoms with Crippen LogP contribution in [0.4, 0.5) is 0 Å². The second kappa shape index (κ2) is 7.60. The van der Waals surface area contributed by atoms with E-state index in [2.05, 4.69) is 0 Å². The third-order valence-electron chi connectivity index (χ3n) is 3.85. The Hall–Kier alpha value is -1.35. The van der Waals surface area contributed by atoms with E-state index in [1.165, 1.54) is 0 Å². The zero-order valence-corrected chi connectivity index (χ0v) is 14.1. The molecule has 0 radical (unpaired) electrons. The maximum atomic E-state index is 12.9. The Morgan fingerprint density at radius 2 is 1.43 bits per heavy atom. The molecule has 0 saturated heterocycles. The van der Waals surface area contributed by atoms with Crippen molar-refractivity contribution >= 4 is 5.91 Å². The molecule has 0 saturated carbocycles. The number of carbonyl (C=O) groups excluding carboxylic acids is 1. The van der Waals surface area contributed by atoms with E-state index >= 15 is 0 Å². The second-order valence-corrected chi connectivity index (χ2v) is 6.56. The van der Waals surface area contributed by atoms with Crippen LogP contribution in [0.2, 0.25) is 0 Å². The van der Waals surface area contributed by atoms with Gasteiger partial charge >= 0.3 is 0 Å². The molecule has 21 heavy (non-hydrogen) atoms. The number of hydrogen-bond acceptors (Lipinski definition) is 2. The smallest absolute Gasteiger partial charge is 0.229 e. The minimum absolute atomic E-state index is 0.0337. The Balaban J connectivity index is 3.09. The van der Waals surface area contributed by atoms with Crippen molar-refractivity contribution in [3.05, 3.63) is 35.9 Å². The Kier molecular flexibility index (Phi) is 6.41. The zero-order valence-electron chi connectivity index (χ0n) is 14.1. The second-order valence-electron chi connectivity index (χ2n) is 6.56. The first-order valence-electron chi connectivity index (χ1n) is 7.82. The number of aliphatic hydroxyl groups excluding tert-OH is 1. The van der Waals surface area contributed by atoms with Gasteiger partial charge in [-0.05, 0) is 39.2 Å². The summed E-state index contributed by atoms with van der Waals surface area (Å²) in [7, 11) is 0.